The summed E-state index contributed by atoms with van der Waals surface area (Å²) in [6, 6.07) is 17.7. The zero-order valence-corrected chi connectivity index (χ0v) is 17.5. The Hall–Kier alpha value is -2.21. The van der Waals surface area contributed by atoms with E-state index in [0.29, 0.717) is 12.1 Å². The van der Waals surface area contributed by atoms with Gasteiger partial charge in [0, 0.05) is 51.1 Å². The van der Waals surface area contributed by atoms with E-state index in [-0.39, 0.29) is 36.9 Å². The third kappa shape index (κ3) is 7.61. The van der Waals surface area contributed by atoms with Gasteiger partial charge in [0.25, 0.3) is 0 Å². The van der Waals surface area contributed by atoms with Crippen LogP contribution in [0.3, 0.4) is 0 Å². The minimum Gasteiger partial charge on any atom is -0.356 e. The van der Waals surface area contributed by atoms with Crippen LogP contribution in [0.1, 0.15) is 29.6 Å². The van der Waals surface area contributed by atoms with Crippen molar-refractivity contribution >= 4 is 24.1 Å². The van der Waals surface area contributed by atoms with E-state index >= 15 is 0 Å². The van der Waals surface area contributed by atoms with Crippen LogP contribution >= 0.6 is 12.4 Å². The van der Waals surface area contributed by atoms with Crippen LogP contribution in [-0.4, -0.2) is 55.9 Å². The average Bonchev–Trinajstić information content (AvgIpc) is 2.76. The third-order valence-electron chi connectivity index (χ3n) is 5.08. The molecule has 0 radical (unpaired) electrons. The van der Waals surface area contributed by atoms with Gasteiger partial charge in [0.15, 0.2) is 5.78 Å². The highest BCUT2D eigenvalue weighted by Crippen LogP contribution is 2.19. The number of ketones is 1. The lowest BCUT2D eigenvalue weighted by atomic mass is 10.0. The Kier molecular flexibility index (Phi) is 9.84. The number of benzene rings is 2. The van der Waals surface area contributed by atoms with Crippen LogP contribution in [0.2, 0.25) is 0 Å². The van der Waals surface area contributed by atoms with Gasteiger partial charge in [-0.15, -0.1) is 12.4 Å². The van der Waals surface area contributed by atoms with Crippen LogP contribution in [0, 0.1) is 0 Å². The number of rotatable bonds is 9. The van der Waals surface area contributed by atoms with Crippen LogP contribution < -0.4 is 10.6 Å². The molecule has 2 aromatic rings. The smallest absolute Gasteiger partial charge is 0.220 e. The normalized spacial score (nSPS) is 14.1. The van der Waals surface area contributed by atoms with Crippen molar-refractivity contribution < 1.29 is 9.59 Å². The number of Topliss-reactive ketones (excluding diaryl/α,β-unsaturated/α-hetero) is 1. The third-order valence-corrected chi connectivity index (χ3v) is 5.08. The van der Waals surface area contributed by atoms with Gasteiger partial charge >= 0.3 is 0 Å². The van der Waals surface area contributed by atoms with E-state index in [0.717, 1.165) is 50.3 Å². The first-order valence-corrected chi connectivity index (χ1v) is 10.1. The summed E-state index contributed by atoms with van der Waals surface area (Å²) in [5.41, 5.74) is 2.87. The number of piperazine rings is 1. The molecule has 0 bridgehead atoms. The lowest BCUT2D eigenvalue weighted by Gasteiger charge is -2.27. The maximum absolute atomic E-state index is 12.3. The van der Waals surface area contributed by atoms with Gasteiger partial charge in [-0.1, -0.05) is 54.6 Å². The fourth-order valence-electron chi connectivity index (χ4n) is 3.40. The number of amides is 1. The molecular formula is C23H30ClN3O2. The molecule has 29 heavy (non-hydrogen) atoms. The molecule has 6 heteroatoms. The van der Waals surface area contributed by atoms with Crippen molar-refractivity contribution in [2.75, 3.05) is 39.3 Å². The Labute approximate surface area is 179 Å². The van der Waals surface area contributed by atoms with Gasteiger partial charge in [0.1, 0.15) is 0 Å². The highest BCUT2D eigenvalue weighted by atomic mass is 35.5. The summed E-state index contributed by atoms with van der Waals surface area (Å²) in [6.45, 7) is 5.91. The minimum atomic E-state index is -0.0467. The summed E-state index contributed by atoms with van der Waals surface area (Å²) >= 11 is 0. The van der Waals surface area contributed by atoms with E-state index in [2.05, 4.69) is 15.5 Å². The summed E-state index contributed by atoms with van der Waals surface area (Å²) in [5.74, 6) is -0.0369. The largest absolute Gasteiger partial charge is 0.356 e. The molecule has 156 valence electrons. The van der Waals surface area contributed by atoms with E-state index in [1.54, 1.807) is 0 Å². The highest BCUT2D eigenvalue weighted by Gasteiger charge is 2.11. The molecule has 1 aliphatic heterocycles. The van der Waals surface area contributed by atoms with Crippen molar-refractivity contribution in [3.05, 3.63) is 60.2 Å². The van der Waals surface area contributed by atoms with Crippen molar-refractivity contribution in [1.29, 1.82) is 0 Å². The van der Waals surface area contributed by atoms with Gasteiger partial charge in [-0.05, 0) is 24.1 Å². The molecule has 5 nitrogen and oxygen atoms in total. The highest BCUT2D eigenvalue weighted by molar-refractivity contribution is 5.98. The number of halogens is 1. The lowest BCUT2D eigenvalue weighted by molar-refractivity contribution is -0.121. The first-order valence-electron chi connectivity index (χ1n) is 10.1. The van der Waals surface area contributed by atoms with Gasteiger partial charge in [-0.2, -0.15) is 0 Å². The zero-order chi connectivity index (χ0) is 19.6. The molecule has 0 spiro atoms. The van der Waals surface area contributed by atoms with Crippen LogP contribution in [0.25, 0.3) is 11.1 Å². The topological polar surface area (TPSA) is 61.4 Å². The maximum atomic E-state index is 12.3. The molecule has 1 saturated heterocycles. The summed E-state index contributed by atoms with van der Waals surface area (Å²) in [5, 5.41) is 6.26. The van der Waals surface area contributed by atoms with Gasteiger partial charge in [0.05, 0.1) is 0 Å². The van der Waals surface area contributed by atoms with Crippen LogP contribution in [0.5, 0.6) is 0 Å². The number of nitrogens with zero attached hydrogens (tertiary/aromatic N) is 1. The maximum Gasteiger partial charge on any atom is 0.220 e. The molecule has 0 unspecified atom stereocenters. The molecule has 0 saturated carbocycles. The summed E-state index contributed by atoms with van der Waals surface area (Å²) in [4.78, 5) is 26.7. The van der Waals surface area contributed by atoms with Gasteiger partial charge in [-0.3, -0.25) is 9.59 Å². The van der Waals surface area contributed by atoms with E-state index in [4.69, 9.17) is 0 Å². The number of hydrogen-bond acceptors (Lipinski definition) is 4. The van der Waals surface area contributed by atoms with Crippen LogP contribution in [-0.2, 0) is 4.79 Å². The SMILES string of the molecule is Cl.O=C(CCC(=O)c1ccc(-c2ccccc2)cc1)NCCCN1CCNCC1. The lowest BCUT2D eigenvalue weighted by Crippen LogP contribution is -2.44. The fraction of sp³-hybridized carbons (Fsp3) is 0.391. The van der Waals surface area contributed by atoms with Crippen molar-refractivity contribution in [3.8, 4) is 11.1 Å². The first-order chi connectivity index (χ1) is 13.7. The van der Waals surface area contributed by atoms with Crippen molar-refractivity contribution in [2.45, 2.75) is 19.3 Å². The van der Waals surface area contributed by atoms with E-state index in [9.17, 15) is 9.59 Å². The molecule has 1 heterocycles. The van der Waals surface area contributed by atoms with E-state index < -0.39 is 0 Å². The fourth-order valence-corrected chi connectivity index (χ4v) is 3.40. The minimum absolute atomic E-state index is 0. The number of carbonyl (C=O) groups excluding carboxylic acids is 2. The predicted octanol–water partition coefficient (Wildman–Crippen LogP) is 3.15. The first kappa shape index (κ1) is 23.1. The molecule has 1 amide bonds. The van der Waals surface area contributed by atoms with E-state index in [1.807, 2.05) is 54.6 Å². The quantitative estimate of drug-likeness (QED) is 0.488. The predicted molar refractivity (Wildman–Crippen MR) is 120 cm³/mol. The molecule has 0 aliphatic carbocycles. The van der Waals surface area contributed by atoms with Crippen LogP contribution in [0.15, 0.2) is 54.6 Å². The summed E-state index contributed by atoms with van der Waals surface area (Å²) < 4.78 is 0. The van der Waals surface area contributed by atoms with Gasteiger partial charge in [0.2, 0.25) is 5.91 Å². The molecule has 3 rings (SSSR count). The van der Waals surface area contributed by atoms with Gasteiger partial charge < -0.3 is 15.5 Å². The molecule has 1 aliphatic rings. The molecule has 0 aromatic heterocycles. The van der Waals surface area contributed by atoms with Gasteiger partial charge in [-0.25, -0.2) is 0 Å². The zero-order valence-electron chi connectivity index (χ0n) is 16.7. The second-order valence-corrected chi connectivity index (χ2v) is 7.16. The van der Waals surface area contributed by atoms with E-state index in [1.165, 1.54) is 0 Å². The van der Waals surface area contributed by atoms with Crippen molar-refractivity contribution in [1.82, 2.24) is 15.5 Å². The van der Waals surface area contributed by atoms with Crippen molar-refractivity contribution in [3.63, 3.8) is 0 Å². The Morgan fingerprint density at radius 3 is 2.24 bits per heavy atom. The Morgan fingerprint density at radius 1 is 0.897 bits per heavy atom. The molecule has 1 fully saturated rings. The number of carbonyl (C=O) groups is 2. The Bertz CT molecular complexity index is 759. The second-order valence-electron chi connectivity index (χ2n) is 7.16. The average molecular weight is 416 g/mol. The molecular weight excluding hydrogens is 386 g/mol. The van der Waals surface area contributed by atoms with Crippen LogP contribution in [0.4, 0.5) is 0 Å². The monoisotopic (exact) mass is 415 g/mol. The Morgan fingerprint density at radius 2 is 1.55 bits per heavy atom. The number of nitrogens with one attached hydrogen (secondary N) is 2. The molecule has 0 atom stereocenters. The number of hydrogen-bond donors (Lipinski definition) is 2. The molecule has 2 N–H and O–H groups in total. The second kappa shape index (κ2) is 12.4. The van der Waals surface area contributed by atoms with Crippen molar-refractivity contribution in [2.24, 2.45) is 0 Å². The summed E-state index contributed by atoms with van der Waals surface area (Å²) in [7, 11) is 0. The Balaban J connectivity index is 0.00000300. The summed E-state index contributed by atoms with van der Waals surface area (Å²) in [6.07, 6.45) is 1.43. The molecule has 2 aromatic carbocycles. The standard InChI is InChI=1S/C23H29N3O2.ClH/c27-22(21-9-7-20(8-10-21)19-5-2-1-3-6-19)11-12-23(28)25-13-4-16-26-17-14-24-15-18-26;/h1-3,5-10,24H,4,11-18H2,(H,25,28);1H.